The Hall–Kier alpha value is -2.39. The van der Waals surface area contributed by atoms with Crippen LogP contribution in [-0.2, 0) is 19.4 Å². The lowest BCUT2D eigenvalue weighted by atomic mass is 10.2. The molecule has 1 heterocycles. The second-order valence-electron chi connectivity index (χ2n) is 6.42. The van der Waals surface area contributed by atoms with E-state index in [4.69, 9.17) is 0 Å². The molecule has 1 aliphatic rings. The molecule has 0 fully saturated rings. The molecular formula is C19H19FN2O4S2. The van der Waals surface area contributed by atoms with Crippen molar-refractivity contribution in [1.29, 1.82) is 0 Å². The quantitative estimate of drug-likeness (QED) is 0.770. The van der Waals surface area contributed by atoms with E-state index >= 15 is 0 Å². The van der Waals surface area contributed by atoms with E-state index in [1.165, 1.54) is 55.1 Å². The van der Waals surface area contributed by atoms with E-state index in [2.05, 4.69) is 10.6 Å². The number of halogens is 1. The average Bonchev–Trinajstić information content (AvgIpc) is 2.83. The summed E-state index contributed by atoms with van der Waals surface area (Å²) in [7, 11) is -3.78. The molecule has 1 aliphatic heterocycles. The van der Waals surface area contributed by atoms with Crippen LogP contribution in [0.4, 0.5) is 15.8 Å². The number of fused-ring (bicyclic) bond motifs is 1. The van der Waals surface area contributed by atoms with Gasteiger partial charge in [0.1, 0.15) is 5.82 Å². The zero-order chi connectivity index (χ0) is 20.3. The Morgan fingerprint density at radius 3 is 2.68 bits per heavy atom. The third kappa shape index (κ3) is 4.71. The van der Waals surface area contributed by atoms with Gasteiger partial charge in [0.15, 0.2) is 9.84 Å². The van der Waals surface area contributed by atoms with Gasteiger partial charge in [-0.3, -0.25) is 9.59 Å². The number of rotatable bonds is 5. The molecule has 2 amide bonds. The third-order valence-electron chi connectivity index (χ3n) is 4.27. The molecule has 0 bridgehead atoms. The van der Waals surface area contributed by atoms with Gasteiger partial charge in [-0.1, -0.05) is 0 Å². The van der Waals surface area contributed by atoms with Gasteiger partial charge in [-0.05, 0) is 49.4 Å². The van der Waals surface area contributed by atoms with Gasteiger partial charge in [-0.25, -0.2) is 12.8 Å². The number of benzene rings is 2. The number of carbonyl (C=O) groups is 2. The molecule has 28 heavy (non-hydrogen) atoms. The fourth-order valence-electron chi connectivity index (χ4n) is 2.72. The summed E-state index contributed by atoms with van der Waals surface area (Å²) in [5.41, 5.74) is 0.859. The summed E-state index contributed by atoms with van der Waals surface area (Å²) in [4.78, 5) is 24.8. The zero-order valence-electron chi connectivity index (χ0n) is 15.1. The van der Waals surface area contributed by atoms with Crippen molar-refractivity contribution in [3.8, 4) is 0 Å². The average molecular weight is 423 g/mol. The van der Waals surface area contributed by atoms with Crippen molar-refractivity contribution < 1.29 is 22.4 Å². The highest BCUT2D eigenvalue weighted by Crippen LogP contribution is 2.33. The van der Waals surface area contributed by atoms with E-state index in [0.29, 0.717) is 23.5 Å². The van der Waals surface area contributed by atoms with Crippen molar-refractivity contribution in [2.24, 2.45) is 0 Å². The Labute approximate surface area is 166 Å². The summed E-state index contributed by atoms with van der Waals surface area (Å²) in [6, 6.07) is 9.82. The second-order valence-corrected chi connectivity index (χ2v) is 9.92. The van der Waals surface area contributed by atoms with E-state index in [-0.39, 0.29) is 17.2 Å². The molecule has 0 saturated heterocycles. The molecule has 1 atom stereocenters. The maximum absolute atomic E-state index is 12.9. The molecule has 9 heteroatoms. The normalized spacial score (nSPS) is 15.1. The van der Waals surface area contributed by atoms with Crippen molar-refractivity contribution in [2.75, 3.05) is 16.4 Å². The van der Waals surface area contributed by atoms with Crippen LogP contribution >= 0.6 is 11.8 Å². The van der Waals surface area contributed by atoms with Crippen LogP contribution in [-0.4, -0.2) is 31.2 Å². The first-order chi connectivity index (χ1) is 13.3. The first-order valence-corrected chi connectivity index (χ1v) is 11.1. The largest absolute Gasteiger partial charge is 0.326 e. The van der Waals surface area contributed by atoms with Gasteiger partial charge in [-0.2, -0.15) is 0 Å². The van der Waals surface area contributed by atoms with Crippen LogP contribution in [0.2, 0.25) is 0 Å². The maximum atomic E-state index is 12.9. The molecule has 0 aliphatic carbocycles. The number of anilines is 2. The minimum atomic E-state index is -3.78. The van der Waals surface area contributed by atoms with E-state index in [9.17, 15) is 22.4 Å². The van der Waals surface area contributed by atoms with Gasteiger partial charge in [0.05, 0.1) is 15.8 Å². The topological polar surface area (TPSA) is 92.3 Å². The number of carbonyl (C=O) groups excluding carboxylic acids is 2. The molecule has 0 aromatic heterocycles. The summed E-state index contributed by atoms with van der Waals surface area (Å²) < 4.78 is 38.7. The van der Waals surface area contributed by atoms with Crippen LogP contribution in [0.25, 0.3) is 0 Å². The summed E-state index contributed by atoms with van der Waals surface area (Å²) in [6.07, 6.45) is 0.110. The fraction of sp³-hybridized carbons (Fsp3) is 0.263. The monoisotopic (exact) mass is 422 g/mol. The lowest BCUT2D eigenvalue weighted by Gasteiger charge is -2.15. The SMILES string of the molecule is C[C@@H](CC(=O)Nc1ccc(F)cc1)S(=O)(=O)c1ccc2c(c1)NC(=O)CCS2. The molecule has 6 nitrogen and oxygen atoms in total. The van der Waals surface area contributed by atoms with Crippen molar-refractivity contribution in [2.45, 2.75) is 34.8 Å². The van der Waals surface area contributed by atoms with Crippen LogP contribution < -0.4 is 10.6 Å². The molecule has 0 radical (unpaired) electrons. The van der Waals surface area contributed by atoms with Crippen molar-refractivity contribution in [1.82, 2.24) is 0 Å². The Balaban J connectivity index is 1.73. The lowest BCUT2D eigenvalue weighted by Crippen LogP contribution is -2.25. The molecule has 2 aromatic carbocycles. The van der Waals surface area contributed by atoms with Crippen molar-refractivity contribution >= 4 is 44.8 Å². The molecule has 2 N–H and O–H groups in total. The van der Waals surface area contributed by atoms with Gasteiger partial charge in [0, 0.05) is 29.2 Å². The number of amides is 2. The summed E-state index contributed by atoms with van der Waals surface area (Å²) in [5.74, 6) is -0.443. The zero-order valence-corrected chi connectivity index (χ0v) is 16.7. The second kappa shape index (κ2) is 8.32. The lowest BCUT2D eigenvalue weighted by molar-refractivity contribution is -0.116. The highest BCUT2D eigenvalue weighted by molar-refractivity contribution is 7.99. The van der Waals surface area contributed by atoms with Gasteiger partial charge in [-0.15, -0.1) is 11.8 Å². The molecule has 2 aromatic rings. The Bertz CT molecular complexity index is 1010. The number of thioether (sulfide) groups is 1. The molecular weight excluding hydrogens is 403 g/mol. The van der Waals surface area contributed by atoms with Crippen molar-refractivity contribution in [3.05, 3.63) is 48.3 Å². The standard InChI is InChI=1S/C19H19FN2O4S2/c1-12(10-19(24)21-14-4-2-13(20)3-5-14)28(25,26)15-6-7-17-16(11-15)22-18(23)8-9-27-17/h2-7,11-12H,8-10H2,1H3,(H,21,24)(H,22,23)/t12-/m0/s1. The summed E-state index contributed by atoms with van der Waals surface area (Å²) >= 11 is 1.48. The minimum absolute atomic E-state index is 0.0520. The van der Waals surface area contributed by atoms with Gasteiger partial charge < -0.3 is 10.6 Å². The Morgan fingerprint density at radius 1 is 1.25 bits per heavy atom. The van der Waals surface area contributed by atoms with E-state index < -0.39 is 26.8 Å². The number of sulfone groups is 1. The highest BCUT2D eigenvalue weighted by atomic mass is 32.2. The van der Waals surface area contributed by atoms with Gasteiger partial charge >= 0.3 is 0 Å². The number of hydrogen-bond acceptors (Lipinski definition) is 5. The summed E-state index contributed by atoms with van der Waals surface area (Å²) in [5, 5.41) is 4.30. The highest BCUT2D eigenvalue weighted by Gasteiger charge is 2.27. The minimum Gasteiger partial charge on any atom is -0.326 e. The first kappa shape index (κ1) is 20.3. The maximum Gasteiger partial charge on any atom is 0.225 e. The van der Waals surface area contributed by atoms with Gasteiger partial charge in [0.25, 0.3) is 0 Å². The molecule has 0 spiro atoms. The third-order valence-corrected chi connectivity index (χ3v) is 7.48. The smallest absolute Gasteiger partial charge is 0.225 e. The van der Waals surface area contributed by atoms with E-state index in [1.54, 1.807) is 6.07 Å². The first-order valence-electron chi connectivity index (χ1n) is 8.62. The van der Waals surface area contributed by atoms with Crippen LogP contribution in [0.15, 0.2) is 52.3 Å². The molecule has 3 rings (SSSR count). The molecule has 148 valence electrons. The van der Waals surface area contributed by atoms with Crippen LogP contribution in [0, 0.1) is 5.82 Å². The van der Waals surface area contributed by atoms with Crippen LogP contribution in [0.1, 0.15) is 19.8 Å². The van der Waals surface area contributed by atoms with E-state index in [0.717, 1.165) is 4.90 Å². The number of hydrogen-bond donors (Lipinski definition) is 2. The fourth-order valence-corrected chi connectivity index (χ4v) is 5.04. The van der Waals surface area contributed by atoms with Crippen LogP contribution in [0.3, 0.4) is 0 Å². The van der Waals surface area contributed by atoms with Gasteiger partial charge in [0.2, 0.25) is 11.8 Å². The molecule has 0 unspecified atom stereocenters. The number of nitrogens with one attached hydrogen (secondary N) is 2. The Morgan fingerprint density at radius 2 is 1.96 bits per heavy atom. The van der Waals surface area contributed by atoms with Crippen LogP contribution in [0.5, 0.6) is 0 Å². The molecule has 0 saturated carbocycles. The van der Waals surface area contributed by atoms with Crippen molar-refractivity contribution in [3.63, 3.8) is 0 Å². The Kier molecular flexibility index (Phi) is 6.04. The predicted octanol–water partition coefficient (Wildman–Crippen LogP) is 3.45. The van der Waals surface area contributed by atoms with E-state index in [1.807, 2.05) is 0 Å². The summed E-state index contributed by atoms with van der Waals surface area (Å²) in [6.45, 7) is 1.46. The predicted molar refractivity (Wildman–Crippen MR) is 107 cm³/mol.